The Balaban J connectivity index is 2.00. The fraction of sp³-hybridized carbons (Fsp3) is 0.364. The molecule has 0 amide bonds. The number of nitrogens with one attached hydrogen (secondary N) is 1. The molecule has 1 aromatic carbocycles. The largest absolute Gasteiger partial charge is 0.397 e. The van der Waals surface area contributed by atoms with Crippen molar-refractivity contribution < 1.29 is 4.39 Å². The highest BCUT2D eigenvalue weighted by Crippen LogP contribution is 2.31. The number of nitrogens with zero attached hydrogens (tertiary/aromatic N) is 1. The van der Waals surface area contributed by atoms with Gasteiger partial charge in [-0.15, -0.1) is 0 Å². The molecule has 0 spiro atoms. The zero-order valence-corrected chi connectivity index (χ0v) is 8.20. The molecule has 1 fully saturated rings. The molecule has 0 atom stereocenters. The van der Waals surface area contributed by atoms with Crippen molar-refractivity contribution in [2.75, 3.05) is 11.1 Å². The Bertz CT molecular complexity index is 405. The van der Waals surface area contributed by atoms with Crippen LogP contribution in [0.5, 0.6) is 0 Å². The molecule has 0 bridgehead atoms. The topological polar surface area (TPSA) is 61.8 Å². The molecule has 0 saturated heterocycles. The molecule has 1 aliphatic rings. The molecule has 1 aliphatic carbocycles. The Morgan fingerprint density at radius 2 is 2.20 bits per heavy atom. The third-order valence-corrected chi connectivity index (χ3v) is 2.70. The van der Waals surface area contributed by atoms with E-state index in [4.69, 9.17) is 11.0 Å². The van der Waals surface area contributed by atoms with Gasteiger partial charge in [0, 0.05) is 6.04 Å². The number of benzene rings is 1. The fourth-order valence-electron chi connectivity index (χ4n) is 1.71. The maximum atomic E-state index is 12.9. The number of rotatable bonds is 2. The molecule has 1 aromatic rings. The third kappa shape index (κ3) is 2.01. The average molecular weight is 205 g/mol. The number of nitrogens with two attached hydrogens (primary N) is 1. The van der Waals surface area contributed by atoms with Crippen molar-refractivity contribution in [1.29, 1.82) is 5.26 Å². The summed E-state index contributed by atoms with van der Waals surface area (Å²) in [4.78, 5) is 0. The zero-order chi connectivity index (χ0) is 10.8. The lowest BCUT2D eigenvalue weighted by atomic mass is 9.81. The van der Waals surface area contributed by atoms with Gasteiger partial charge in [0.2, 0.25) is 0 Å². The van der Waals surface area contributed by atoms with E-state index in [1.807, 2.05) is 0 Å². The van der Waals surface area contributed by atoms with Crippen LogP contribution in [-0.2, 0) is 0 Å². The van der Waals surface area contributed by atoms with Crippen LogP contribution >= 0.6 is 0 Å². The maximum Gasteiger partial charge on any atom is 0.125 e. The number of nitrogen functional groups attached to an aromatic ring is 1. The smallest absolute Gasteiger partial charge is 0.125 e. The van der Waals surface area contributed by atoms with Gasteiger partial charge in [0.25, 0.3) is 0 Å². The molecule has 4 heteroatoms. The standard InChI is InChI=1S/C11H12FN3/c12-8-1-2-10(14)11(5-8)15-9-3-7(4-9)6-13/h1-2,5,7,9,15H,3-4,14H2. The van der Waals surface area contributed by atoms with Crippen molar-refractivity contribution in [3.05, 3.63) is 24.0 Å². The van der Waals surface area contributed by atoms with Crippen LogP contribution in [0.25, 0.3) is 0 Å². The van der Waals surface area contributed by atoms with Gasteiger partial charge < -0.3 is 11.1 Å². The van der Waals surface area contributed by atoms with Crippen molar-refractivity contribution >= 4 is 11.4 Å². The quantitative estimate of drug-likeness (QED) is 0.727. The number of anilines is 2. The Hall–Kier alpha value is -1.76. The molecular formula is C11H12FN3. The van der Waals surface area contributed by atoms with Gasteiger partial charge in [0.1, 0.15) is 5.82 Å². The molecular weight excluding hydrogens is 193 g/mol. The summed E-state index contributed by atoms with van der Waals surface area (Å²) in [5.41, 5.74) is 6.85. The minimum atomic E-state index is -0.303. The number of nitriles is 1. The average Bonchev–Trinajstić information content (AvgIpc) is 2.16. The summed E-state index contributed by atoms with van der Waals surface area (Å²) in [5.74, 6) is -0.167. The predicted molar refractivity (Wildman–Crippen MR) is 56.6 cm³/mol. The van der Waals surface area contributed by atoms with Gasteiger partial charge >= 0.3 is 0 Å². The summed E-state index contributed by atoms with van der Waals surface area (Å²) in [5, 5.41) is 11.7. The molecule has 0 aliphatic heterocycles. The van der Waals surface area contributed by atoms with Crippen LogP contribution in [0.1, 0.15) is 12.8 Å². The zero-order valence-electron chi connectivity index (χ0n) is 8.20. The number of hydrogen-bond acceptors (Lipinski definition) is 3. The Morgan fingerprint density at radius 1 is 1.47 bits per heavy atom. The van der Waals surface area contributed by atoms with E-state index in [1.54, 1.807) is 0 Å². The Morgan fingerprint density at radius 3 is 2.87 bits per heavy atom. The molecule has 3 N–H and O–H groups in total. The molecule has 0 unspecified atom stereocenters. The van der Waals surface area contributed by atoms with E-state index in [2.05, 4.69) is 11.4 Å². The van der Waals surface area contributed by atoms with Crippen LogP contribution in [0.4, 0.5) is 15.8 Å². The van der Waals surface area contributed by atoms with Crippen LogP contribution in [0.2, 0.25) is 0 Å². The minimum Gasteiger partial charge on any atom is -0.397 e. The van der Waals surface area contributed by atoms with Crippen LogP contribution in [0.15, 0.2) is 18.2 Å². The third-order valence-electron chi connectivity index (χ3n) is 2.70. The van der Waals surface area contributed by atoms with Gasteiger partial charge in [-0.3, -0.25) is 0 Å². The highest BCUT2D eigenvalue weighted by molar-refractivity contribution is 5.66. The van der Waals surface area contributed by atoms with Gasteiger partial charge in [-0.2, -0.15) is 5.26 Å². The molecule has 0 radical (unpaired) electrons. The van der Waals surface area contributed by atoms with Crippen LogP contribution in [-0.4, -0.2) is 6.04 Å². The van der Waals surface area contributed by atoms with Gasteiger partial charge in [0.05, 0.1) is 23.4 Å². The van der Waals surface area contributed by atoms with Gasteiger partial charge in [-0.1, -0.05) is 0 Å². The molecule has 1 saturated carbocycles. The van der Waals surface area contributed by atoms with Crippen molar-refractivity contribution in [2.45, 2.75) is 18.9 Å². The van der Waals surface area contributed by atoms with E-state index in [0.29, 0.717) is 11.4 Å². The fourth-order valence-corrected chi connectivity index (χ4v) is 1.71. The lowest BCUT2D eigenvalue weighted by Crippen LogP contribution is -2.34. The first-order valence-corrected chi connectivity index (χ1v) is 4.90. The van der Waals surface area contributed by atoms with E-state index in [-0.39, 0.29) is 17.8 Å². The second-order valence-corrected chi connectivity index (χ2v) is 3.87. The SMILES string of the molecule is N#CC1CC(Nc2cc(F)ccc2N)C1. The number of halogens is 1. The second kappa shape index (κ2) is 3.77. The first-order chi connectivity index (χ1) is 7.19. The summed E-state index contributed by atoms with van der Waals surface area (Å²) in [6.45, 7) is 0. The monoisotopic (exact) mass is 205 g/mol. The van der Waals surface area contributed by atoms with E-state index in [9.17, 15) is 4.39 Å². The van der Waals surface area contributed by atoms with Gasteiger partial charge in [-0.05, 0) is 31.0 Å². The predicted octanol–water partition coefficient (Wildman–Crippen LogP) is 2.12. The Kier molecular flexibility index (Phi) is 2.46. The first kappa shape index (κ1) is 9.78. The summed E-state index contributed by atoms with van der Waals surface area (Å²) in [7, 11) is 0. The lowest BCUT2D eigenvalue weighted by Gasteiger charge is -2.32. The van der Waals surface area contributed by atoms with E-state index in [1.165, 1.54) is 18.2 Å². The van der Waals surface area contributed by atoms with Crippen molar-refractivity contribution in [3.8, 4) is 6.07 Å². The summed E-state index contributed by atoms with van der Waals surface area (Å²) < 4.78 is 12.9. The van der Waals surface area contributed by atoms with Gasteiger partial charge in [0.15, 0.2) is 0 Å². The van der Waals surface area contributed by atoms with E-state index in [0.717, 1.165) is 12.8 Å². The van der Waals surface area contributed by atoms with Crippen LogP contribution in [0.3, 0.4) is 0 Å². The normalized spacial score (nSPS) is 24.0. The summed E-state index contributed by atoms with van der Waals surface area (Å²) in [6.07, 6.45) is 1.62. The molecule has 15 heavy (non-hydrogen) atoms. The molecule has 2 rings (SSSR count). The van der Waals surface area contributed by atoms with Crippen molar-refractivity contribution in [3.63, 3.8) is 0 Å². The highest BCUT2D eigenvalue weighted by atomic mass is 19.1. The van der Waals surface area contributed by atoms with Crippen molar-refractivity contribution in [1.82, 2.24) is 0 Å². The van der Waals surface area contributed by atoms with Crippen molar-refractivity contribution in [2.24, 2.45) is 5.92 Å². The Labute approximate surface area is 87.7 Å². The highest BCUT2D eigenvalue weighted by Gasteiger charge is 2.29. The molecule has 0 heterocycles. The lowest BCUT2D eigenvalue weighted by molar-refractivity contribution is 0.354. The minimum absolute atomic E-state index is 0.136. The van der Waals surface area contributed by atoms with Gasteiger partial charge in [-0.25, -0.2) is 4.39 Å². The van der Waals surface area contributed by atoms with E-state index < -0.39 is 0 Å². The molecule has 0 aromatic heterocycles. The summed E-state index contributed by atoms with van der Waals surface area (Å²) in [6, 6.07) is 6.70. The molecule has 3 nitrogen and oxygen atoms in total. The maximum absolute atomic E-state index is 12.9. The molecule has 78 valence electrons. The summed E-state index contributed by atoms with van der Waals surface area (Å²) >= 11 is 0. The van der Waals surface area contributed by atoms with E-state index >= 15 is 0 Å². The van der Waals surface area contributed by atoms with Crippen LogP contribution in [0, 0.1) is 23.1 Å². The number of hydrogen-bond donors (Lipinski definition) is 2. The van der Waals surface area contributed by atoms with Crippen LogP contribution < -0.4 is 11.1 Å². The first-order valence-electron chi connectivity index (χ1n) is 4.90. The second-order valence-electron chi connectivity index (χ2n) is 3.87.